The SMILES string of the molecule is O=C(O)CCCCCNC(=O)CC1CCNC1. The van der Waals surface area contributed by atoms with Crippen LogP contribution in [-0.4, -0.2) is 36.6 Å². The third-order valence-corrected chi connectivity index (χ3v) is 3.03. The van der Waals surface area contributed by atoms with Crippen LogP contribution in [0.5, 0.6) is 0 Å². The van der Waals surface area contributed by atoms with Crippen molar-refractivity contribution in [2.75, 3.05) is 19.6 Å². The van der Waals surface area contributed by atoms with Crippen molar-refractivity contribution in [3.05, 3.63) is 0 Å². The average molecular weight is 242 g/mol. The van der Waals surface area contributed by atoms with Crippen molar-refractivity contribution < 1.29 is 14.7 Å². The lowest BCUT2D eigenvalue weighted by Crippen LogP contribution is -2.27. The maximum absolute atomic E-state index is 11.5. The van der Waals surface area contributed by atoms with Gasteiger partial charge in [-0.05, 0) is 38.3 Å². The van der Waals surface area contributed by atoms with Crippen molar-refractivity contribution in [3.63, 3.8) is 0 Å². The first-order chi connectivity index (χ1) is 8.18. The second-order valence-electron chi connectivity index (χ2n) is 4.62. The number of amides is 1. The zero-order valence-electron chi connectivity index (χ0n) is 10.2. The van der Waals surface area contributed by atoms with Gasteiger partial charge in [-0.3, -0.25) is 9.59 Å². The number of hydrogen-bond acceptors (Lipinski definition) is 3. The summed E-state index contributed by atoms with van der Waals surface area (Å²) in [6.45, 7) is 2.64. The van der Waals surface area contributed by atoms with Crippen molar-refractivity contribution in [3.8, 4) is 0 Å². The Morgan fingerprint density at radius 3 is 2.76 bits per heavy atom. The smallest absolute Gasteiger partial charge is 0.303 e. The van der Waals surface area contributed by atoms with E-state index in [1.165, 1.54) is 0 Å². The molecule has 0 aromatic heterocycles. The Bertz CT molecular complexity index is 250. The van der Waals surface area contributed by atoms with Gasteiger partial charge >= 0.3 is 5.97 Å². The van der Waals surface area contributed by atoms with Crippen LogP contribution in [0.3, 0.4) is 0 Å². The second kappa shape index (κ2) is 8.06. The number of carboxylic acid groups (broad SMARTS) is 1. The summed E-state index contributed by atoms with van der Waals surface area (Å²) in [6.07, 6.45) is 4.34. The molecule has 1 fully saturated rings. The highest BCUT2D eigenvalue weighted by Crippen LogP contribution is 2.11. The highest BCUT2D eigenvalue weighted by atomic mass is 16.4. The Balaban J connectivity index is 1.91. The first kappa shape index (κ1) is 14.0. The summed E-state index contributed by atoms with van der Waals surface area (Å²) in [7, 11) is 0. The molecule has 1 saturated heterocycles. The van der Waals surface area contributed by atoms with Gasteiger partial charge in [-0.1, -0.05) is 6.42 Å². The van der Waals surface area contributed by atoms with E-state index in [-0.39, 0.29) is 12.3 Å². The quantitative estimate of drug-likeness (QED) is 0.549. The molecule has 98 valence electrons. The summed E-state index contributed by atoms with van der Waals surface area (Å²) >= 11 is 0. The van der Waals surface area contributed by atoms with Crippen molar-refractivity contribution in [1.29, 1.82) is 0 Å². The second-order valence-corrected chi connectivity index (χ2v) is 4.62. The Morgan fingerprint density at radius 1 is 1.29 bits per heavy atom. The molecule has 1 rings (SSSR count). The van der Waals surface area contributed by atoms with E-state index in [9.17, 15) is 9.59 Å². The predicted octanol–water partition coefficient (Wildman–Crippen LogP) is 0.747. The molecule has 5 nitrogen and oxygen atoms in total. The van der Waals surface area contributed by atoms with Crippen LogP contribution >= 0.6 is 0 Å². The summed E-state index contributed by atoms with van der Waals surface area (Å²) in [5.74, 6) is -0.137. The van der Waals surface area contributed by atoms with Crippen molar-refractivity contribution in [2.45, 2.75) is 38.5 Å². The Kier molecular flexibility index (Phi) is 6.62. The van der Waals surface area contributed by atoms with Gasteiger partial charge in [0.1, 0.15) is 0 Å². The van der Waals surface area contributed by atoms with Gasteiger partial charge in [0.25, 0.3) is 0 Å². The third-order valence-electron chi connectivity index (χ3n) is 3.03. The molecule has 1 amide bonds. The minimum absolute atomic E-state index is 0.122. The van der Waals surface area contributed by atoms with Gasteiger partial charge in [0.2, 0.25) is 5.91 Å². The molecule has 0 spiro atoms. The lowest BCUT2D eigenvalue weighted by molar-refractivity contribution is -0.137. The molecule has 1 aliphatic rings. The summed E-state index contributed by atoms with van der Waals surface area (Å²) in [4.78, 5) is 21.8. The van der Waals surface area contributed by atoms with Crippen LogP contribution in [0.15, 0.2) is 0 Å². The highest BCUT2D eigenvalue weighted by Gasteiger charge is 2.17. The van der Waals surface area contributed by atoms with Gasteiger partial charge in [0.05, 0.1) is 0 Å². The molecule has 1 heterocycles. The molecule has 0 aromatic rings. The van der Waals surface area contributed by atoms with E-state index < -0.39 is 5.97 Å². The molecule has 1 atom stereocenters. The molecule has 0 saturated carbocycles. The average Bonchev–Trinajstić information content (AvgIpc) is 2.75. The lowest BCUT2D eigenvalue weighted by Gasteiger charge is -2.08. The van der Waals surface area contributed by atoms with E-state index in [1.807, 2.05) is 0 Å². The van der Waals surface area contributed by atoms with Crippen LogP contribution in [0.25, 0.3) is 0 Å². The number of carbonyl (C=O) groups is 2. The molecular weight excluding hydrogens is 220 g/mol. The lowest BCUT2D eigenvalue weighted by atomic mass is 10.0. The number of hydrogen-bond donors (Lipinski definition) is 3. The van der Waals surface area contributed by atoms with E-state index >= 15 is 0 Å². The third kappa shape index (κ3) is 6.94. The number of unbranched alkanes of at least 4 members (excludes halogenated alkanes) is 2. The van der Waals surface area contributed by atoms with E-state index in [2.05, 4.69) is 10.6 Å². The largest absolute Gasteiger partial charge is 0.481 e. The zero-order valence-corrected chi connectivity index (χ0v) is 10.2. The molecule has 0 aliphatic carbocycles. The van der Waals surface area contributed by atoms with Gasteiger partial charge < -0.3 is 15.7 Å². The number of rotatable bonds is 8. The Hall–Kier alpha value is -1.10. The summed E-state index contributed by atoms with van der Waals surface area (Å²) in [5.41, 5.74) is 0. The molecule has 5 heteroatoms. The first-order valence-electron chi connectivity index (χ1n) is 6.37. The molecule has 0 radical (unpaired) electrons. The molecule has 17 heavy (non-hydrogen) atoms. The van der Waals surface area contributed by atoms with Gasteiger partial charge in [-0.15, -0.1) is 0 Å². The van der Waals surface area contributed by atoms with Gasteiger partial charge in [0.15, 0.2) is 0 Å². The number of carboxylic acids is 1. The molecule has 0 bridgehead atoms. The minimum Gasteiger partial charge on any atom is -0.481 e. The van der Waals surface area contributed by atoms with Crippen molar-refractivity contribution >= 4 is 11.9 Å². The van der Waals surface area contributed by atoms with E-state index in [1.54, 1.807) is 0 Å². The van der Waals surface area contributed by atoms with Crippen LogP contribution in [0, 0.1) is 5.92 Å². The van der Waals surface area contributed by atoms with Crippen LogP contribution in [-0.2, 0) is 9.59 Å². The number of aliphatic carboxylic acids is 1. The van der Waals surface area contributed by atoms with Crippen molar-refractivity contribution in [1.82, 2.24) is 10.6 Å². The number of nitrogens with one attached hydrogen (secondary N) is 2. The fourth-order valence-electron chi connectivity index (χ4n) is 2.03. The molecule has 1 aliphatic heterocycles. The molecule has 0 aromatic carbocycles. The predicted molar refractivity (Wildman–Crippen MR) is 64.7 cm³/mol. The van der Waals surface area contributed by atoms with E-state index in [0.717, 1.165) is 32.4 Å². The monoisotopic (exact) mass is 242 g/mol. The van der Waals surface area contributed by atoms with Crippen LogP contribution < -0.4 is 10.6 Å². The van der Waals surface area contributed by atoms with E-state index in [0.29, 0.717) is 25.3 Å². The molecule has 1 unspecified atom stereocenters. The van der Waals surface area contributed by atoms with Crippen molar-refractivity contribution in [2.24, 2.45) is 5.92 Å². The topological polar surface area (TPSA) is 78.4 Å². The van der Waals surface area contributed by atoms with Gasteiger partial charge in [-0.25, -0.2) is 0 Å². The van der Waals surface area contributed by atoms with Gasteiger partial charge in [-0.2, -0.15) is 0 Å². The van der Waals surface area contributed by atoms with Crippen LogP contribution in [0.2, 0.25) is 0 Å². The van der Waals surface area contributed by atoms with Crippen LogP contribution in [0.1, 0.15) is 38.5 Å². The minimum atomic E-state index is -0.747. The fraction of sp³-hybridized carbons (Fsp3) is 0.833. The Morgan fingerprint density at radius 2 is 2.12 bits per heavy atom. The van der Waals surface area contributed by atoms with E-state index in [4.69, 9.17) is 5.11 Å². The summed E-state index contributed by atoms with van der Waals surface area (Å²) in [6, 6.07) is 0. The van der Waals surface area contributed by atoms with Crippen LogP contribution in [0.4, 0.5) is 0 Å². The zero-order chi connectivity index (χ0) is 12.5. The highest BCUT2D eigenvalue weighted by molar-refractivity contribution is 5.76. The first-order valence-corrected chi connectivity index (χ1v) is 6.37. The Labute approximate surface area is 102 Å². The fourth-order valence-corrected chi connectivity index (χ4v) is 2.03. The summed E-state index contributed by atoms with van der Waals surface area (Å²) < 4.78 is 0. The van der Waals surface area contributed by atoms with Gasteiger partial charge in [0, 0.05) is 19.4 Å². The molecule has 3 N–H and O–H groups in total. The number of carbonyl (C=O) groups excluding carboxylic acids is 1. The standard InChI is InChI=1S/C12H22N2O3/c15-11(8-10-5-7-13-9-10)14-6-3-1-2-4-12(16)17/h10,13H,1-9H2,(H,14,15)(H,16,17). The normalized spacial score (nSPS) is 19.2. The molecular formula is C12H22N2O3. The maximum Gasteiger partial charge on any atom is 0.303 e. The summed E-state index contributed by atoms with van der Waals surface area (Å²) in [5, 5.41) is 14.6. The maximum atomic E-state index is 11.5.